The largest absolute Gasteiger partial charge is 0.494 e. The van der Waals surface area contributed by atoms with Crippen LogP contribution >= 0.6 is 0 Å². The van der Waals surface area contributed by atoms with Crippen LogP contribution in [0.15, 0.2) is 78.9 Å². The van der Waals surface area contributed by atoms with Gasteiger partial charge in [0.2, 0.25) is 17.7 Å². The number of hydrogen-bond donors (Lipinski definition) is 1. The van der Waals surface area contributed by atoms with E-state index in [9.17, 15) is 24.5 Å². The lowest BCUT2D eigenvalue weighted by atomic mass is 9.88. The van der Waals surface area contributed by atoms with Crippen molar-refractivity contribution in [2.24, 2.45) is 11.8 Å². The third-order valence-corrected chi connectivity index (χ3v) is 7.89. The number of imide groups is 1. The van der Waals surface area contributed by atoms with E-state index in [-0.39, 0.29) is 11.6 Å². The first-order valence-electron chi connectivity index (χ1n) is 13.6. The van der Waals surface area contributed by atoms with Crippen molar-refractivity contribution < 1.29 is 24.0 Å². The van der Waals surface area contributed by atoms with Crippen LogP contribution in [0.3, 0.4) is 0 Å². The third-order valence-electron chi connectivity index (χ3n) is 7.89. The van der Waals surface area contributed by atoms with Crippen LogP contribution in [0.4, 0.5) is 22.7 Å². The van der Waals surface area contributed by atoms with Crippen LogP contribution in [-0.4, -0.2) is 41.3 Å². The van der Waals surface area contributed by atoms with Crippen molar-refractivity contribution in [2.75, 3.05) is 21.7 Å². The fourth-order valence-corrected chi connectivity index (χ4v) is 5.98. The molecule has 0 saturated carbocycles. The van der Waals surface area contributed by atoms with E-state index in [1.165, 1.54) is 29.2 Å². The van der Waals surface area contributed by atoms with Gasteiger partial charge in [0.15, 0.2) is 0 Å². The summed E-state index contributed by atoms with van der Waals surface area (Å²) in [5.41, 5.74) is 2.33. The minimum Gasteiger partial charge on any atom is -0.494 e. The smallest absolute Gasteiger partial charge is 0.269 e. The van der Waals surface area contributed by atoms with Gasteiger partial charge in [-0.3, -0.25) is 24.5 Å². The van der Waals surface area contributed by atoms with Crippen LogP contribution < -0.4 is 19.9 Å². The lowest BCUT2D eigenvalue weighted by Crippen LogP contribution is -2.50. The van der Waals surface area contributed by atoms with Gasteiger partial charge in [-0.25, -0.2) is 4.90 Å². The number of anilines is 3. The number of carbonyl (C=O) groups excluding carboxylic acids is 3. The first-order valence-corrected chi connectivity index (χ1v) is 13.6. The number of para-hydroxylation sites is 1. The number of rotatable bonds is 8. The second-order valence-corrected chi connectivity index (χ2v) is 10.3. The maximum Gasteiger partial charge on any atom is 0.269 e. The summed E-state index contributed by atoms with van der Waals surface area (Å²) in [7, 11) is 0. The summed E-state index contributed by atoms with van der Waals surface area (Å²) >= 11 is 0. The highest BCUT2D eigenvalue weighted by Gasteiger charge is 2.64. The van der Waals surface area contributed by atoms with Crippen molar-refractivity contribution in [2.45, 2.75) is 31.8 Å². The Morgan fingerprint density at radius 1 is 0.976 bits per heavy atom. The molecule has 1 N–H and O–H groups in total. The maximum absolute atomic E-state index is 14.0. The fourth-order valence-electron chi connectivity index (χ4n) is 5.98. The van der Waals surface area contributed by atoms with Gasteiger partial charge in [0.05, 0.1) is 35.1 Å². The minimum absolute atomic E-state index is 0.104. The van der Waals surface area contributed by atoms with Crippen LogP contribution in [0, 0.1) is 22.0 Å². The normalized spacial score (nSPS) is 22.3. The molecule has 3 aliphatic rings. The molecule has 0 spiro atoms. The predicted octanol–water partition coefficient (Wildman–Crippen LogP) is 4.80. The van der Waals surface area contributed by atoms with Crippen molar-refractivity contribution in [1.82, 2.24) is 0 Å². The number of benzene rings is 3. The van der Waals surface area contributed by atoms with Gasteiger partial charge in [0.25, 0.3) is 5.69 Å². The molecule has 0 aliphatic carbocycles. The van der Waals surface area contributed by atoms with Gasteiger partial charge >= 0.3 is 0 Å². The van der Waals surface area contributed by atoms with Gasteiger partial charge in [0.1, 0.15) is 11.8 Å². The molecule has 3 aliphatic heterocycles. The molecule has 4 atom stereocenters. The summed E-state index contributed by atoms with van der Waals surface area (Å²) in [4.78, 5) is 55.4. The van der Waals surface area contributed by atoms with Crippen molar-refractivity contribution in [3.05, 3.63) is 94.6 Å². The van der Waals surface area contributed by atoms with Crippen molar-refractivity contribution in [1.29, 1.82) is 0 Å². The fraction of sp³-hybridized carbons (Fsp3) is 0.258. The van der Waals surface area contributed by atoms with Crippen LogP contribution in [0.1, 0.15) is 25.3 Å². The van der Waals surface area contributed by atoms with Gasteiger partial charge in [-0.15, -0.1) is 0 Å². The van der Waals surface area contributed by atoms with E-state index in [2.05, 4.69) is 12.2 Å². The highest BCUT2D eigenvalue weighted by Crippen LogP contribution is 2.49. The number of ether oxygens (including phenoxy) is 1. The Labute approximate surface area is 236 Å². The number of unbranched alkanes of at least 4 members (excludes halogenated alkanes) is 1. The highest BCUT2D eigenvalue weighted by atomic mass is 16.6. The Morgan fingerprint density at radius 3 is 2.39 bits per heavy atom. The van der Waals surface area contributed by atoms with E-state index < -0.39 is 40.7 Å². The summed E-state index contributed by atoms with van der Waals surface area (Å²) < 4.78 is 5.73. The topological polar surface area (TPSA) is 122 Å². The summed E-state index contributed by atoms with van der Waals surface area (Å²) in [5.74, 6) is -2.31. The highest BCUT2D eigenvalue weighted by molar-refractivity contribution is 6.25. The van der Waals surface area contributed by atoms with Gasteiger partial charge < -0.3 is 15.0 Å². The molecule has 0 bridgehead atoms. The minimum atomic E-state index is -0.982. The molecule has 3 aromatic carbocycles. The summed E-state index contributed by atoms with van der Waals surface area (Å²) in [5, 5.41) is 13.9. The van der Waals surface area contributed by atoms with Crippen molar-refractivity contribution in [3.63, 3.8) is 0 Å². The molecule has 208 valence electrons. The zero-order chi connectivity index (χ0) is 28.7. The van der Waals surface area contributed by atoms with Crippen LogP contribution in [0.2, 0.25) is 0 Å². The standard InChI is InChI=1S/C31H28N4O6/c1-2-3-18-41-23-15-13-21(14-16-23)33-30(37)26-25-17-8-19-6-4-5-7-24(19)34(25)28(27(26)31(33)38)29(36)32-20-9-11-22(12-10-20)35(39)40/h4-17,25-28H,2-3,18H2,1H3,(H,32,36)/t25-,26-,27+,28-/m0/s1. The monoisotopic (exact) mass is 552 g/mol. The van der Waals surface area contributed by atoms with Gasteiger partial charge in [-0.1, -0.05) is 43.7 Å². The number of non-ortho nitro benzene ring substituents is 1. The Balaban J connectivity index is 1.33. The molecular weight excluding hydrogens is 524 g/mol. The molecule has 41 heavy (non-hydrogen) atoms. The third kappa shape index (κ3) is 4.51. The van der Waals surface area contributed by atoms with E-state index in [0.29, 0.717) is 23.7 Å². The molecule has 0 radical (unpaired) electrons. The molecule has 0 aromatic heterocycles. The number of amides is 3. The molecule has 2 fully saturated rings. The second-order valence-electron chi connectivity index (χ2n) is 10.3. The average molecular weight is 553 g/mol. The predicted molar refractivity (Wildman–Crippen MR) is 154 cm³/mol. The summed E-state index contributed by atoms with van der Waals surface area (Å²) in [6.07, 6.45) is 5.74. The van der Waals surface area contributed by atoms with E-state index in [1.54, 1.807) is 24.3 Å². The molecule has 3 amide bonds. The van der Waals surface area contributed by atoms with Gasteiger partial charge in [-0.2, -0.15) is 0 Å². The number of nitro benzene ring substituents is 1. The lowest BCUT2D eigenvalue weighted by molar-refractivity contribution is -0.384. The van der Waals surface area contributed by atoms with Crippen molar-refractivity contribution in [3.8, 4) is 5.75 Å². The van der Waals surface area contributed by atoms with Gasteiger partial charge in [0, 0.05) is 23.5 Å². The van der Waals surface area contributed by atoms with E-state index in [1.807, 2.05) is 41.3 Å². The molecule has 10 nitrogen and oxygen atoms in total. The van der Waals surface area contributed by atoms with Gasteiger partial charge in [-0.05, 0) is 54.4 Å². The van der Waals surface area contributed by atoms with Crippen LogP contribution in [0.5, 0.6) is 5.75 Å². The molecule has 2 saturated heterocycles. The Hall–Kier alpha value is -4.99. The van der Waals surface area contributed by atoms with E-state index in [0.717, 1.165) is 24.1 Å². The SMILES string of the molecule is CCCCOc1ccc(N2C(=O)[C@@H]3[C@@H](C2=O)[C@@H]2C=Cc4ccccc4N2[C@@H]3C(=O)Nc2ccc([N+](=O)[O-])cc2)cc1. The number of fused-ring (bicyclic) bond motifs is 5. The van der Waals surface area contributed by atoms with E-state index >= 15 is 0 Å². The zero-order valence-corrected chi connectivity index (χ0v) is 22.3. The number of nitro groups is 1. The lowest BCUT2D eigenvalue weighted by Gasteiger charge is -2.36. The Kier molecular flexibility index (Phi) is 6.74. The zero-order valence-electron chi connectivity index (χ0n) is 22.3. The summed E-state index contributed by atoms with van der Waals surface area (Å²) in [6, 6.07) is 18.4. The Morgan fingerprint density at radius 2 is 1.68 bits per heavy atom. The molecule has 6 rings (SSSR count). The van der Waals surface area contributed by atoms with Crippen LogP contribution in [0.25, 0.3) is 6.08 Å². The molecule has 3 heterocycles. The summed E-state index contributed by atoms with van der Waals surface area (Å²) in [6.45, 7) is 2.66. The van der Waals surface area contributed by atoms with Crippen molar-refractivity contribution >= 4 is 46.5 Å². The molecule has 10 heteroatoms. The average Bonchev–Trinajstić information content (AvgIpc) is 3.46. The number of carbonyl (C=O) groups is 3. The Bertz CT molecular complexity index is 1550. The molecule has 3 aromatic rings. The quantitative estimate of drug-likeness (QED) is 0.184. The molecule has 0 unspecified atom stereocenters. The van der Waals surface area contributed by atoms with Crippen LogP contribution in [-0.2, 0) is 14.4 Å². The number of nitrogens with one attached hydrogen (secondary N) is 1. The number of nitrogens with zero attached hydrogens (tertiary/aromatic N) is 3. The first kappa shape index (κ1) is 26.2. The van der Waals surface area contributed by atoms with E-state index in [4.69, 9.17) is 4.74 Å². The molecular formula is C31H28N4O6. The second kappa shape index (κ2) is 10.5. The number of hydrogen-bond acceptors (Lipinski definition) is 7. The maximum atomic E-state index is 14.0. The first-order chi connectivity index (χ1) is 19.9.